The number of benzene rings is 2. The number of ether oxygens (including phenoxy) is 3. The van der Waals surface area contributed by atoms with Crippen molar-refractivity contribution in [2.45, 2.75) is 13.8 Å². The summed E-state index contributed by atoms with van der Waals surface area (Å²) in [5.74, 6) is 1.19. The van der Waals surface area contributed by atoms with Crippen LogP contribution >= 0.6 is 11.8 Å². The fraction of sp³-hybridized carbons (Fsp3) is 0.192. The molecule has 190 valence electrons. The zero-order chi connectivity index (χ0) is 26.4. The maximum atomic E-state index is 12.9. The van der Waals surface area contributed by atoms with Gasteiger partial charge in [0.25, 0.3) is 16.8 Å². The Bertz CT molecular complexity index is 1360. The number of rotatable bonds is 10. The Morgan fingerprint density at radius 2 is 1.92 bits per heavy atom. The van der Waals surface area contributed by atoms with E-state index in [-0.39, 0.29) is 34.9 Å². The predicted molar refractivity (Wildman–Crippen MR) is 138 cm³/mol. The highest BCUT2D eigenvalue weighted by atomic mass is 32.2. The quantitative estimate of drug-likeness (QED) is 0.190. The van der Waals surface area contributed by atoms with Crippen LogP contribution in [-0.4, -0.2) is 45.7 Å². The van der Waals surface area contributed by atoms with Crippen LogP contribution in [0.4, 0.5) is 10.5 Å². The van der Waals surface area contributed by atoms with Gasteiger partial charge in [-0.3, -0.25) is 24.6 Å². The van der Waals surface area contributed by atoms with E-state index in [2.05, 4.69) is 4.98 Å². The first-order valence-electron chi connectivity index (χ1n) is 11.3. The number of carbonyl (C=O) groups excluding carboxylic acids is 2. The fourth-order valence-electron chi connectivity index (χ4n) is 3.42. The highest BCUT2D eigenvalue weighted by molar-refractivity contribution is 8.18. The lowest BCUT2D eigenvalue weighted by atomic mass is 10.2. The van der Waals surface area contributed by atoms with Crippen molar-refractivity contribution >= 4 is 34.7 Å². The lowest BCUT2D eigenvalue weighted by molar-refractivity contribution is -0.385. The lowest BCUT2D eigenvalue weighted by Gasteiger charge is -2.13. The van der Waals surface area contributed by atoms with Crippen LogP contribution in [0.5, 0.6) is 23.1 Å². The molecular weight excluding hydrogens is 498 g/mol. The topological polar surface area (TPSA) is 121 Å². The molecule has 0 saturated carbocycles. The summed E-state index contributed by atoms with van der Waals surface area (Å²) in [4.78, 5) is 41.0. The van der Waals surface area contributed by atoms with Crippen molar-refractivity contribution in [3.8, 4) is 23.1 Å². The van der Waals surface area contributed by atoms with E-state index in [1.807, 2.05) is 38.1 Å². The second kappa shape index (κ2) is 11.6. The molecule has 2 aromatic carbocycles. The Hall–Kier alpha value is -4.38. The number of nitrogens with zero attached hydrogens (tertiary/aromatic N) is 3. The van der Waals surface area contributed by atoms with Crippen molar-refractivity contribution in [2.75, 3.05) is 19.8 Å². The van der Waals surface area contributed by atoms with Gasteiger partial charge in [-0.15, -0.1) is 0 Å². The van der Waals surface area contributed by atoms with Crippen molar-refractivity contribution in [3.05, 3.63) is 86.9 Å². The van der Waals surface area contributed by atoms with E-state index in [1.165, 1.54) is 12.1 Å². The number of amides is 2. The molecular formula is C26H23N3O7S. The van der Waals surface area contributed by atoms with Crippen molar-refractivity contribution in [1.82, 2.24) is 9.88 Å². The van der Waals surface area contributed by atoms with Gasteiger partial charge in [0.05, 0.1) is 23.0 Å². The van der Waals surface area contributed by atoms with Crippen LogP contribution in [0.1, 0.15) is 18.1 Å². The highest BCUT2D eigenvalue weighted by Crippen LogP contribution is 2.36. The SMILES string of the molecule is CCOc1cc(/C=C2\SC(=O)N(CCOc3cccc(C)c3)C2=O)ccc1Oc1ccc([N+](=O)[O-])cn1. The molecule has 0 radical (unpaired) electrons. The first-order valence-corrected chi connectivity index (χ1v) is 12.2. The van der Waals surface area contributed by atoms with E-state index in [9.17, 15) is 19.7 Å². The molecule has 0 unspecified atom stereocenters. The molecule has 11 heteroatoms. The van der Waals surface area contributed by atoms with Crippen molar-refractivity contribution in [2.24, 2.45) is 0 Å². The third-order valence-electron chi connectivity index (χ3n) is 5.16. The summed E-state index contributed by atoms with van der Waals surface area (Å²) in [5.41, 5.74) is 1.54. The van der Waals surface area contributed by atoms with Gasteiger partial charge in [-0.05, 0) is 67.1 Å². The molecule has 4 rings (SSSR count). The fourth-order valence-corrected chi connectivity index (χ4v) is 4.29. The number of thioether (sulfide) groups is 1. The second-order valence-electron chi connectivity index (χ2n) is 7.85. The number of carbonyl (C=O) groups is 2. The molecule has 0 atom stereocenters. The van der Waals surface area contributed by atoms with Gasteiger partial charge < -0.3 is 14.2 Å². The number of hydrogen-bond donors (Lipinski definition) is 0. The van der Waals surface area contributed by atoms with E-state index < -0.39 is 10.8 Å². The van der Waals surface area contributed by atoms with Gasteiger partial charge in [0.1, 0.15) is 18.6 Å². The predicted octanol–water partition coefficient (Wildman–Crippen LogP) is 5.60. The van der Waals surface area contributed by atoms with E-state index in [4.69, 9.17) is 14.2 Å². The minimum absolute atomic E-state index is 0.134. The Morgan fingerprint density at radius 1 is 1.08 bits per heavy atom. The maximum absolute atomic E-state index is 12.9. The molecule has 0 spiro atoms. The van der Waals surface area contributed by atoms with Crippen molar-refractivity contribution in [3.63, 3.8) is 0 Å². The molecule has 2 heterocycles. The highest BCUT2D eigenvalue weighted by Gasteiger charge is 2.34. The molecule has 1 fully saturated rings. The van der Waals surface area contributed by atoms with Gasteiger partial charge in [-0.25, -0.2) is 4.98 Å². The van der Waals surface area contributed by atoms with Crippen LogP contribution < -0.4 is 14.2 Å². The molecule has 2 amide bonds. The van der Waals surface area contributed by atoms with Crippen LogP contribution in [0.2, 0.25) is 0 Å². The summed E-state index contributed by atoms with van der Waals surface area (Å²) >= 11 is 0.861. The summed E-state index contributed by atoms with van der Waals surface area (Å²) < 4.78 is 17.1. The largest absolute Gasteiger partial charge is 0.492 e. The average molecular weight is 522 g/mol. The molecule has 1 saturated heterocycles. The normalized spacial score (nSPS) is 14.2. The van der Waals surface area contributed by atoms with Crippen LogP contribution in [0.3, 0.4) is 0 Å². The summed E-state index contributed by atoms with van der Waals surface area (Å²) in [5, 5.41) is 10.5. The van der Waals surface area contributed by atoms with Crippen LogP contribution in [0.25, 0.3) is 6.08 Å². The summed E-state index contributed by atoms with van der Waals surface area (Å²) in [6.07, 6.45) is 2.72. The minimum Gasteiger partial charge on any atom is -0.492 e. The summed E-state index contributed by atoms with van der Waals surface area (Å²) in [7, 11) is 0. The Morgan fingerprint density at radius 3 is 2.62 bits per heavy atom. The second-order valence-corrected chi connectivity index (χ2v) is 8.84. The number of pyridine rings is 1. The van der Waals surface area contributed by atoms with E-state index in [1.54, 1.807) is 24.3 Å². The zero-order valence-electron chi connectivity index (χ0n) is 20.1. The third kappa shape index (κ3) is 6.44. The smallest absolute Gasteiger partial charge is 0.293 e. The van der Waals surface area contributed by atoms with E-state index >= 15 is 0 Å². The first kappa shape index (κ1) is 25.7. The molecule has 1 aliphatic heterocycles. The molecule has 0 N–H and O–H groups in total. The van der Waals surface area contributed by atoms with Gasteiger partial charge in [-0.1, -0.05) is 18.2 Å². The number of aromatic nitrogens is 1. The third-order valence-corrected chi connectivity index (χ3v) is 6.07. The molecule has 10 nitrogen and oxygen atoms in total. The van der Waals surface area contributed by atoms with Crippen LogP contribution in [0, 0.1) is 17.0 Å². The lowest BCUT2D eigenvalue weighted by Crippen LogP contribution is -2.32. The Balaban J connectivity index is 1.45. The minimum atomic E-state index is -0.546. The number of aryl methyl sites for hydroxylation is 1. The summed E-state index contributed by atoms with van der Waals surface area (Å²) in [6.45, 7) is 4.44. The molecule has 0 aliphatic carbocycles. The van der Waals surface area contributed by atoms with Crippen molar-refractivity contribution in [1.29, 1.82) is 0 Å². The monoisotopic (exact) mass is 521 g/mol. The molecule has 0 bridgehead atoms. The van der Waals surface area contributed by atoms with Gasteiger partial charge >= 0.3 is 0 Å². The molecule has 1 aromatic heterocycles. The zero-order valence-corrected chi connectivity index (χ0v) is 20.9. The Labute approximate surface area is 217 Å². The molecule has 37 heavy (non-hydrogen) atoms. The van der Waals surface area contributed by atoms with Gasteiger partial charge in [0, 0.05) is 12.1 Å². The van der Waals surface area contributed by atoms with Crippen LogP contribution in [-0.2, 0) is 4.79 Å². The van der Waals surface area contributed by atoms with Gasteiger partial charge in [-0.2, -0.15) is 0 Å². The van der Waals surface area contributed by atoms with Gasteiger partial charge in [0.15, 0.2) is 11.5 Å². The van der Waals surface area contributed by atoms with Gasteiger partial charge in [0.2, 0.25) is 5.88 Å². The number of nitro groups is 1. The molecule has 3 aromatic rings. The van der Waals surface area contributed by atoms with E-state index in [0.717, 1.165) is 28.4 Å². The van der Waals surface area contributed by atoms with E-state index in [0.29, 0.717) is 29.4 Å². The average Bonchev–Trinajstić information content (AvgIpc) is 3.13. The standard InChI is InChI=1S/C26H23N3O7S/c1-3-34-22-14-18(7-9-21(22)36-24-10-8-19(16-27-24)29(32)33)15-23-25(30)28(26(31)37-23)11-12-35-20-6-4-5-17(2)13-20/h4-10,13-16H,3,11-12H2,1-2H3/b23-15-. The number of imide groups is 1. The molecule has 1 aliphatic rings. The van der Waals surface area contributed by atoms with Crippen molar-refractivity contribution < 1.29 is 28.7 Å². The first-order chi connectivity index (χ1) is 17.8. The Kier molecular flexibility index (Phi) is 8.04. The maximum Gasteiger partial charge on any atom is 0.293 e. The number of hydrogen-bond acceptors (Lipinski definition) is 9. The summed E-state index contributed by atoms with van der Waals surface area (Å²) in [6, 6.07) is 15.2. The van der Waals surface area contributed by atoms with Crippen LogP contribution in [0.15, 0.2) is 65.7 Å².